The third-order valence-electron chi connectivity index (χ3n) is 17.2. The molecule has 0 aliphatic heterocycles. The highest BCUT2D eigenvalue weighted by atomic mass is 31.2. The first-order valence-corrected chi connectivity index (χ1v) is 41.5. The fourth-order valence-corrected chi connectivity index (χ4v) is 12.9. The average Bonchev–Trinajstić information content (AvgIpc) is 2.64. The van der Waals surface area contributed by atoms with Crippen molar-refractivity contribution in [1.82, 2.24) is 0 Å². The van der Waals surface area contributed by atoms with E-state index in [9.17, 15) is 43.2 Å². The van der Waals surface area contributed by atoms with Gasteiger partial charge in [-0.1, -0.05) is 330 Å². The molecule has 0 amide bonds. The van der Waals surface area contributed by atoms with Gasteiger partial charge in [0, 0.05) is 25.7 Å². The topological polar surface area (TPSA) is 237 Å². The minimum atomic E-state index is -4.95. The monoisotopic (exact) mass is 1370 g/mol. The van der Waals surface area contributed by atoms with Crippen LogP contribution in [0.3, 0.4) is 0 Å². The summed E-state index contributed by atoms with van der Waals surface area (Å²) in [6, 6.07) is 0. The summed E-state index contributed by atoms with van der Waals surface area (Å²) in [7, 11) is -9.90. The molecule has 93 heavy (non-hydrogen) atoms. The second-order valence-electron chi connectivity index (χ2n) is 27.6. The van der Waals surface area contributed by atoms with Gasteiger partial charge in [-0.2, -0.15) is 0 Å². The van der Waals surface area contributed by atoms with Crippen molar-refractivity contribution in [2.45, 2.75) is 400 Å². The third-order valence-corrected chi connectivity index (χ3v) is 19.1. The maximum Gasteiger partial charge on any atom is 0.472 e. The summed E-state index contributed by atoms with van der Waals surface area (Å²) in [5.41, 5.74) is 0. The number of hydrogen-bond acceptors (Lipinski definition) is 15. The van der Waals surface area contributed by atoms with Crippen LogP contribution in [0.2, 0.25) is 0 Å². The predicted molar refractivity (Wildman–Crippen MR) is 377 cm³/mol. The van der Waals surface area contributed by atoms with Gasteiger partial charge in [-0.25, -0.2) is 9.13 Å². The highest BCUT2D eigenvalue weighted by molar-refractivity contribution is 7.47. The van der Waals surface area contributed by atoms with Gasteiger partial charge in [-0.15, -0.1) is 0 Å². The van der Waals surface area contributed by atoms with Crippen molar-refractivity contribution in [1.29, 1.82) is 0 Å². The van der Waals surface area contributed by atoms with Crippen molar-refractivity contribution in [2.24, 2.45) is 11.8 Å². The lowest BCUT2D eigenvalue weighted by atomic mass is 10.0. The zero-order valence-electron chi connectivity index (χ0n) is 60.6. The zero-order valence-corrected chi connectivity index (χ0v) is 62.3. The summed E-state index contributed by atoms with van der Waals surface area (Å²) in [5, 5.41) is 10.6. The highest BCUT2D eigenvalue weighted by Crippen LogP contribution is 2.45. The molecular weight excluding hydrogens is 1220 g/mol. The Morgan fingerprint density at radius 1 is 0.290 bits per heavy atom. The standard InChI is InChI=1S/C74H144O17P2/c1-7-9-11-13-15-17-18-23-27-33-39-45-51-57-72(77)85-63-70(90-73(78)58-52-46-40-34-28-25-22-20-19-21-24-26-31-36-42-48-54-66(3)4)65-89-93(82,83)87-61-68(75)60-86-92(80,81)88-64-69(62-84-71(76)56-50-44-38-30-16-14-12-10-8-2)91-74(79)59-53-47-41-35-29-32-37-43-49-55-67(5)6/h66-70,75H,7-65H2,1-6H3,(H,80,81)(H,82,83)/t68-,69+,70+/m0/s1. The number of aliphatic hydroxyl groups excluding tert-OH is 1. The van der Waals surface area contributed by atoms with Gasteiger partial charge in [0.1, 0.15) is 19.3 Å². The fourth-order valence-electron chi connectivity index (χ4n) is 11.3. The first-order valence-electron chi connectivity index (χ1n) is 38.5. The van der Waals surface area contributed by atoms with Crippen molar-refractivity contribution in [2.75, 3.05) is 39.6 Å². The Labute approximate surface area is 568 Å². The predicted octanol–water partition coefficient (Wildman–Crippen LogP) is 21.6. The summed E-state index contributed by atoms with van der Waals surface area (Å²) in [4.78, 5) is 72.7. The molecule has 0 aromatic carbocycles. The number of ether oxygens (including phenoxy) is 4. The van der Waals surface area contributed by atoms with Crippen LogP contribution in [-0.2, 0) is 65.4 Å². The molecule has 0 saturated carbocycles. The number of carbonyl (C=O) groups excluding carboxylic acids is 4. The van der Waals surface area contributed by atoms with Crippen LogP contribution in [0.1, 0.15) is 382 Å². The number of hydrogen-bond donors (Lipinski definition) is 3. The van der Waals surface area contributed by atoms with Crippen LogP contribution in [0, 0.1) is 11.8 Å². The zero-order chi connectivity index (χ0) is 68.6. The SMILES string of the molecule is CCCCCCCCCCCCCCCC(=O)OC[C@H](COP(=O)(O)OC[C@@H](O)COP(=O)(O)OC[C@@H](COC(=O)CCCCCCCCCCC)OC(=O)CCCCCCCCCCCC(C)C)OC(=O)CCCCCCCCCCCCCCCCCCC(C)C. The largest absolute Gasteiger partial charge is 0.472 e. The molecule has 5 atom stereocenters. The molecule has 19 heteroatoms. The molecule has 0 saturated heterocycles. The molecule has 552 valence electrons. The van der Waals surface area contributed by atoms with Gasteiger partial charge < -0.3 is 33.8 Å². The van der Waals surface area contributed by atoms with Crippen LogP contribution in [0.5, 0.6) is 0 Å². The summed E-state index contributed by atoms with van der Waals surface area (Å²) < 4.78 is 68.4. The maximum absolute atomic E-state index is 13.1. The summed E-state index contributed by atoms with van der Waals surface area (Å²) in [5.74, 6) is -0.573. The lowest BCUT2D eigenvalue weighted by Gasteiger charge is -2.21. The number of phosphoric acid groups is 2. The molecule has 0 aromatic heterocycles. The molecular formula is C74H144O17P2. The molecule has 0 aromatic rings. The van der Waals surface area contributed by atoms with Gasteiger partial charge in [0.2, 0.25) is 0 Å². The minimum Gasteiger partial charge on any atom is -0.462 e. The van der Waals surface area contributed by atoms with Gasteiger partial charge in [0.15, 0.2) is 12.2 Å². The maximum atomic E-state index is 13.1. The minimum absolute atomic E-state index is 0.105. The highest BCUT2D eigenvalue weighted by Gasteiger charge is 2.30. The van der Waals surface area contributed by atoms with E-state index in [2.05, 4.69) is 41.5 Å². The van der Waals surface area contributed by atoms with E-state index in [4.69, 9.17) is 37.0 Å². The Morgan fingerprint density at radius 2 is 0.495 bits per heavy atom. The lowest BCUT2D eigenvalue weighted by molar-refractivity contribution is -0.161. The molecule has 0 spiro atoms. The van der Waals surface area contributed by atoms with Crippen molar-refractivity contribution in [3.05, 3.63) is 0 Å². The second-order valence-corrected chi connectivity index (χ2v) is 30.5. The number of rotatable bonds is 73. The quantitative estimate of drug-likeness (QED) is 0.0222. The van der Waals surface area contributed by atoms with Crippen LogP contribution in [0.4, 0.5) is 0 Å². The molecule has 0 bridgehead atoms. The van der Waals surface area contributed by atoms with E-state index in [1.165, 1.54) is 199 Å². The fraction of sp³-hybridized carbons (Fsp3) is 0.946. The second kappa shape index (κ2) is 66.0. The van der Waals surface area contributed by atoms with E-state index >= 15 is 0 Å². The van der Waals surface area contributed by atoms with E-state index in [0.29, 0.717) is 25.7 Å². The number of unbranched alkanes of at least 4 members (excludes halogenated alkanes) is 43. The van der Waals surface area contributed by atoms with Crippen LogP contribution >= 0.6 is 15.6 Å². The number of carbonyl (C=O) groups is 4. The van der Waals surface area contributed by atoms with Crippen LogP contribution in [0.15, 0.2) is 0 Å². The number of phosphoric ester groups is 2. The Kier molecular flexibility index (Phi) is 64.6. The van der Waals surface area contributed by atoms with Gasteiger partial charge in [-0.3, -0.25) is 37.3 Å². The van der Waals surface area contributed by atoms with Crippen LogP contribution in [0.25, 0.3) is 0 Å². The summed E-state index contributed by atoms with van der Waals surface area (Å²) in [6.45, 7) is 9.57. The van der Waals surface area contributed by atoms with Crippen molar-refractivity contribution < 1.29 is 80.2 Å². The lowest BCUT2D eigenvalue weighted by Crippen LogP contribution is -2.30. The molecule has 0 heterocycles. The van der Waals surface area contributed by atoms with Crippen LogP contribution < -0.4 is 0 Å². The Hall–Kier alpha value is -1.94. The normalized spacial score (nSPS) is 14.1. The van der Waals surface area contributed by atoms with Crippen LogP contribution in [-0.4, -0.2) is 96.7 Å². The van der Waals surface area contributed by atoms with Crippen molar-refractivity contribution in [3.63, 3.8) is 0 Å². The van der Waals surface area contributed by atoms with E-state index < -0.39 is 97.5 Å². The molecule has 0 radical (unpaired) electrons. The molecule has 3 N–H and O–H groups in total. The Balaban J connectivity index is 5.21. The van der Waals surface area contributed by atoms with Gasteiger partial charge in [0.05, 0.1) is 26.4 Å². The van der Waals surface area contributed by atoms with Crippen molar-refractivity contribution in [3.8, 4) is 0 Å². The molecule has 2 unspecified atom stereocenters. The third kappa shape index (κ3) is 68.4. The summed E-state index contributed by atoms with van der Waals surface area (Å²) >= 11 is 0. The van der Waals surface area contributed by atoms with E-state index in [-0.39, 0.29) is 25.7 Å². The van der Waals surface area contributed by atoms with E-state index in [0.717, 1.165) is 102 Å². The van der Waals surface area contributed by atoms with Crippen molar-refractivity contribution >= 4 is 39.5 Å². The first kappa shape index (κ1) is 91.1. The number of aliphatic hydroxyl groups is 1. The Bertz CT molecular complexity index is 1800. The number of esters is 4. The smallest absolute Gasteiger partial charge is 0.462 e. The van der Waals surface area contributed by atoms with Gasteiger partial charge in [-0.05, 0) is 37.5 Å². The molecule has 0 aliphatic rings. The molecule has 0 fully saturated rings. The summed E-state index contributed by atoms with van der Waals surface area (Å²) in [6.07, 6.45) is 52.7. The Morgan fingerprint density at radius 3 is 0.731 bits per heavy atom. The molecule has 0 aliphatic carbocycles. The van der Waals surface area contributed by atoms with Gasteiger partial charge >= 0.3 is 39.5 Å². The first-order chi connectivity index (χ1) is 44.9. The molecule has 0 rings (SSSR count). The van der Waals surface area contributed by atoms with E-state index in [1.807, 2.05) is 0 Å². The molecule has 17 nitrogen and oxygen atoms in total. The van der Waals surface area contributed by atoms with E-state index in [1.54, 1.807) is 0 Å². The van der Waals surface area contributed by atoms with Gasteiger partial charge in [0.25, 0.3) is 0 Å². The average molecular weight is 1370 g/mol.